The number of benzene rings is 2. The van der Waals surface area contributed by atoms with Crippen molar-refractivity contribution in [3.05, 3.63) is 57.9 Å². The van der Waals surface area contributed by atoms with Crippen molar-refractivity contribution in [2.24, 2.45) is 0 Å². The smallest absolute Gasteiger partial charge is 0.270 e. The number of nitro groups is 1. The number of aromatic nitrogens is 2. The van der Waals surface area contributed by atoms with E-state index in [0.717, 1.165) is 0 Å². The van der Waals surface area contributed by atoms with Crippen molar-refractivity contribution in [2.75, 3.05) is 14.2 Å². The van der Waals surface area contributed by atoms with E-state index in [-0.39, 0.29) is 11.3 Å². The minimum Gasteiger partial charge on any atom is -0.497 e. The lowest BCUT2D eigenvalue weighted by molar-refractivity contribution is -0.384. The number of nitro benzene ring substituents is 1. The molecule has 26 heavy (non-hydrogen) atoms. The summed E-state index contributed by atoms with van der Waals surface area (Å²) >= 11 is 0. The number of nitrogens with one attached hydrogen (secondary N) is 1. The van der Waals surface area contributed by atoms with E-state index < -0.39 is 4.92 Å². The molecule has 0 fully saturated rings. The van der Waals surface area contributed by atoms with Crippen molar-refractivity contribution in [1.82, 2.24) is 9.97 Å². The number of aromatic amines is 1. The van der Waals surface area contributed by atoms with Crippen LogP contribution in [0.4, 0.5) is 5.69 Å². The molecule has 0 unspecified atom stereocenters. The number of methoxy groups -OCH3 is 2. The molecule has 0 amide bonds. The van der Waals surface area contributed by atoms with Crippen molar-refractivity contribution >= 4 is 28.4 Å². The van der Waals surface area contributed by atoms with Crippen LogP contribution in [0.15, 0.2) is 36.4 Å². The van der Waals surface area contributed by atoms with E-state index in [9.17, 15) is 15.4 Å². The highest BCUT2D eigenvalue weighted by Gasteiger charge is 2.13. The number of non-ortho nitro benzene ring substituents is 1. The maximum atomic E-state index is 11.0. The molecule has 0 aliphatic heterocycles. The molecule has 2 aromatic carbocycles. The van der Waals surface area contributed by atoms with E-state index >= 15 is 0 Å². The number of ether oxygens (including phenoxy) is 2. The monoisotopic (exact) mass is 350 g/mol. The average Bonchev–Trinajstić information content (AvgIpc) is 3.08. The molecule has 0 radical (unpaired) electrons. The SMILES string of the molecule is COc1ccc2nc(/C(C#N)=C\c3cc([N+](=O)[O-])ccc3OC)[nH]c2c1. The topological polar surface area (TPSA) is 114 Å². The molecular weight excluding hydrogens is 336 g/mol. The Labute approximate surface area is 148 Å². The van der Waals surface area contributed by atoms with Crippen molar-refractivity contribution in [3.8, 4) is 17.6 Å². The summed E-state index contributed by atoms with van der Waals surface area (Å²) in [6.45, 7) is 0. The van der Waals surface area contributed by atoms with E-state index in [1.807, 2.05) is 0 Å². The Morgan fingerprint density at radius 1 is 1.27 bits per heavy atom. The predicted octanol–water partition coefficient (Wildman–Crippen LogP) is 3.55. The van der Waals surface area contributed by atoms with Gasteiger partial charge in [-0.05, 0) is 24.3 Å². The van der Waals surface area contributed by atoms with Crippen molar-refractivity contribution in [1.29, 1.82) is 5.26 Å². The van der Waals surface area contributed by atoms with E-state index in [2.05, 4.69) is 16.0 Å². The van der Waals surface area contributed by atoms with E-state index in [0.29, 0.717) is 33.9 Å². The lowest BCUT2D eigenvalue weighted by Gasteiger charge is -2.04. The summed E-state index contributed by atoms with van der Waals surface area (Å²) in [7, 11) is 3.02. The Balaban J connectivity index is 2.10. The van der Waals surface area contributed by atoms with E-state index in [1.54, 1.807) is 25.3 Å². The van der Waals surface area contributed by atoms with Crippen LogP contribution >= 0.6 is 0 Å². The fraction of sp³-hybridized carbons (Fsp3) is 0.111. The van der Waals surface area contributed by atoms with Crippen LogP contribution in [0.1, 0.15) is 11.4 Å². The Morgan fingerprint density at radius 3 is 2.73 bits per heavy atom. The second-order valence-electron chi connectivity index (χ2n) is 5.32. The summed E-state index contributed by atoms with van der Waals surface area (Å²) in [6.07, 6.45) is 1.50. The molecular formula is C18H14N4O4. The molecule has 0 saturated carbocycles. The largest absolute Gasteiger partial charge is 0.497 e. The van der Waals surface area contributed by atoms with Gasteiger partial charge in [-0.2, -0.15) is 5.26 Å². The van der Waals surface area contributed by atoms with Gasteiger partial charge in [0.2, 0.25) is 0 Å². The highest BCUT2D eigenvalue weighted by atomic mass is 16.6. The van der Waals surface area contributed by atoms with Gasteiger partial charge < -0.3 is 14.5 Å². The number of rotatable bonds is 5. The molecule has 0 saturated heterocycles. The maximum Gasteiger partial charge on any atom is 0.270 e. The molecule has 8 heteroatoms. The highest BCUT2D eigenvalue weighted by molar-refractivity contribution is 5.91. The van der Waals surface area contributed by atoms with Crippen molar-refractivity contribution < 1.29 is 14.4 Å². The summed E-state index contributed by atoms with van der Waals surface area (Å²) < 4.78 is 10.4. The van der Waals surface area contributed by atoms with Crippen LogP contribution in [0.2, 0.25) is 0 Å². The van der Waals surface area contributed by atoms with Crippen LogP contribution in [0, 0.1) is 21.4 Å². The molecule has 1 N–H and O–H groups in total. The van der Waals surface area contributed by atoms with Gasteiger partial charge >= 0.3 is 0 Å². The Morgan fingerprint density at radius 2 is 2.08 bits per heavy atom. The zero-order valence-corrected chi connectivity index (χ0v) is 14.0. The number of fused-ring (bicyclic) bond motifs is 1. The molecule has 0 spiro atoms. The molecule has 0 bridgehead atoms. The summed E-state index contributed by atoms with van der Waals surface area (Å²) in [6, 6.07) is 11.6. The standard InChI is InChI=1S/C18H14N4O4/c1-25-14-4-5-15-16(9-14)21-18(20-15)12(10-19)7-11-8-13(22(23)24)3-6-17(11)26-2/h3-9H,1-2H3,(H,20,21)/b12-7-. The van der Waals surface area contributed by atoms with Gasteiger partial charge in [-0.1, -0.05) is 0 Å². The van der Waals surface area contributed by atoms with Crippen LogP contribution in [0.5, 0.6) is 11.5 Å². The molecule has 130 valence electrons. The molecule has 0 aliphatic rings. The van der Waals surface area contributed by atoms with Crippen molar-refractivity contribution in [3.63, 3.8) is 0 Å². The van der Waals surface area contributed by atoms with Crippen LogP contribution in [0.3, 0.4) is 0 Å². The molecule has 3 rings (SSSR count). The highest BCUT2D eigenvalue weighted by Crippen LogP contribution is 2.28. The molecule has 0 aliphatic carbocycles. The van der Waals surface area contributed by atoms with Gasteiger partial charge in [0.25, 0.3) is 5.69 Å². The lowest BCUT2D eigenvalue weighted by Crippen LogP contribution is -1.93. The number of imidazole rings is 1. The summed E-state index contributed by atoms with van der Waals surface area (Å²) in [5.74, 6) is 1.43. The Bertz CT molecular complexity index is 1060. The second kappa shape index (κ2) is 6.94. The van der Waals surface area contributed by atoms with Gasteiger partial charge in [0.15, 0.2) is 0 Å². The lowest BCUT2D eigenvalue weighted by atomic mass is 10.1. The maximum absolute atomic E-state index is 11.0. The normalized spacial score (nSPS) is 11.2. The minimum absolute atomic E-state index is 0.0938. The number of H-pyrrole nitrogens is 1. The summed E-state index contributed by atoms with van der Waals surface area (Å²) in [5, 5.41) is 20.5. The van der Waals surface area contributed by atoms with Crippen LogP contribution in [-0.4, -0.2) is 29.1 Å². The average molecular weight is 350 g/mol. The molecule has 1 aromatic heterocycles. The fourth-order valence-corrected chi connectivity index (χ4v) is 2.50. The number of nitrogens with zero attached hydrogens (tertiary/aromatic N) is 3. The van der Waals surface area contributed by atoms with Crippen LogP contribution in [-0.2, 0) is 0 Å². The molecule has 3 aromatic rings. The summed E-state index contributed by atoms with van der Waals surface area (Å²) in [4.78, 5) is 18.0. The van der Waals surface area contributed by atoms with E-state index in [1.165, 1.54) is 31.4 Å². The quantitative estimate of drug-likeness (QED) is 0.427. The number of hydrogen-bond donors (Lipinski definition) is 1. The first-order valence-electron chi connectivity index (χ1n) is 7.54. The van der Waals surface area contributed by atoms with Gasteiger partial charge in [-0.3, -0.25) is 10.1 Å². The Kier molecular flexibility index (Phi) is 4.53. The number of nitriles is 1. The fourth-order valence-electron chi connectivity index (χ4n) is 2.50. The van der Waals surface area contributed by atoms with E-state index in [4.69, 9.17) is 9.47 Å². The third kappa shape index (κ3) is 3.18. The first kappa shape index (κ1) is 17.0. The second-order valence-corrected chi connectivity index (χ2v) is 5.32. The zero-order valence-electron chi connectivity index (χ0n) is 14.0. The van der Waals surface area contributed by atoms with Gasteiger partial charge in [-0.25, -0.2) is 4.98 Å². The predicted molar refractivity (Wildman–Crippen MR) is 95.8 cm³/mol. The minimum atomic E-state index is -0.504. The van der Waals surface area contributed by atoms with Gasteiger partial charge in [0.1, 0.15) is 23.4 Å². The van der Waals surface area contributed by atoms with Crippen LogP contribution in [0.25, 0.3) is 22.7 Å². The van der Waals surface area contributed by atoms with Gasteiger partial charge in [0, 0.05) is 23.8 Å². The van der Waals surface area contributed by atoms with Gasteiger partial charge in [0.05, 0.1) is 35.7 Å². The third-order valence-electron chi connectivity index (χ3n) is 3.79. The molecule has 0 atom stereocenters. The number of allylic oxidation sites excluding steroid dienone is 1. The number of hydrogen-bond acceptors (Lipinski definition) is 6. The Hall–Kier alpha value is -3.86. The molecule has 1 heterocycles. The first-order valence-corrected chi connectivity index (χ1v) is 7.54. The zero-order chi connectivity index (χ0) is 18.7. The molecule has 8 nitrogen and oxygen atoms in total. The first-order chi connectivity index (χ1) is 12.5. The van der Waals surface area contributed by atoms with Crippen LogP contribution < -0.4 is 9.47 Å². The third-order valence-corrected chi connectivity index (χ3v) is 3.79. The summed E-state index contributed by atoms with van der Waals surface area (Å²) in [5.41, 5.74) is 1.93. The van der Waals surface area contributed by atoms with Crippen molar-refractivity contribution in [2.45, 2.75) is 0 Å². The van der Waals surface area contributed by atoms with Gasteiger partial charge in [-0.15, -0.1) is 0 Å².